The predicted molar refractivity (Wildman–Crippen MR) is 137 cm³/mol. The number of aromatic amines is 1. The van der Waals surface area contributed by atoms with Crippen LogP contribution in [-0.2, 0) is 19.0 Å². The Kier molecular flexibility index (Phi) is 5.05. The highest BCUT2D eigenvalue weighted by molar-refractivity contribution is 5.96. The van der Waals surface area contributed by atoms with Crippen molar-refractivity contribution in [1.29, 1.82) is 0 Å². The maximum atomic E-state index is 14.7. The average Bonchev–Trinajstić information content (AvgIpc) is 3.09. The number of Topliss-reactive ketones (excluding diaryl/α,β-unsaturated/α-hetero) is 1. The first-order valence-electron chi connectivity index (χ1n) is 13.5. The Balaban J connectivity index is 1.53. The summed E-state index contributed by atoms with van der Waals surface area (Å²) in [4.78, 5) is 31.3. The van der Waals surface area contributed by atoms with E-state index >= 15 is 0 Å². The summed E-state index contributed by atoms with van der Waals surface area (Å²) in [5.41, 5.74) is 0.382. The Morgan fingerprint density at radius 1 is 1.19 bits per heavy atom. The first-order chi connectivity index (χ1) is 17.2. The van der Waals surface area contributed by atoms with E-state index in [1.165, 1.54) is 0 Å². The monoisotopic (exact) mass is 509 g/mol. The minimum atomic E-state index is -1.80. The number of H-pyrrole nitrogens is 1. The molecule has 7 nitrogen and oxygen atoms in total. The van der Waals surface area contributed by atoms with Crippen LogP contribution in [-0.4, -0.2) is 52.0 Å². The van der Waals surface area contributed by atoms with Crippen LogP contribution < -0.4 is 0 Å². The number of ketones is 1. The Bertz CT molecular complexity index is 1250. The molecule has 1 aromatic rings. The number of aliphatic hydroxyl groups is 1. The number of esters is 1. The van der Waals surface area contributed by atoms with Crippen LogP contribution in [0.25, 0.3) is 0 Å². The summed E-state index contributed by atoms with van der Waals surface area (Å²) >= 11 is 0. The van der Waals surface area contributed by atoms with Crippen LogP contribution in [0.15, 0.2) is 29.5 Å². The lowest BCUT2D eigenvalue weighted by Crippen LogP contribution is -2.68. The van der Waals surface area contributed by atoms with Crippen LogP contribution >= 0.6 is 0 Å². The molecule has 37 heavy (non-hydrogen) atoms. The number of nitrogens with one attached hydrogen (secondary N) is 1. The molecule has 0 aromatic carbocycles. The van der Waals surface area contributed by atoms with E-state index in [1.54, 1.807) is 6.20 Å². The standard InChI is InChI=1S/C30H39NO6/c1-14-11-29-16(3)9-20-22(27(20,5)6)19(23(29)32)10-18-13-35-28(7,8)37-25(18)30(29,34)24(14)36-26(33)21-15(2)12-31-17(21)4/h10-12,16,19-20,22,24-25,31,34H,9,13H2,1-8H3/t16-,19+,20-,22+,24+,25-,29+,30-/m1/s1. The molecule has 2 saturated carbocycles. The van der Waals surface area contributed by atoms with Crippen molar-refractivity contribution in [3.63, 3.8) is 0 Å². The summed E-state index contributed by atoms with van der Waals surface area (Å²) in [6.07, 6.45) is 4.63. The van der Waals surface area contributed by atoms with Gasteiger partial charge in [0.1, 0.15) is 6.10 Å². The molecule has 6 rings (SSSR count). The molecule has 2 heterocycles. The van der Waals surface area contributed by atoms with Gasteiger partial charge in [0, 0.05) is 17.8 Å². The van der Waals surface area contributed by atoms with E-state index in [2.05, 4.69) is 25.8 Å². The summed E-state index contributed by atoms with van der Waals surface area (Å²) in [6, 6.07) is 0. The lowest BCUT2D eigenvalue weighted by Gasteiger charge is -2.52. The molecule has 1 spiro atoms. The molecule has 5 aliphatic rings. The van der Waals surface area contributed by atoms with Crippen LogP contribution in [0.2, 0.25) is 0 Å². The molecule has 0 radical (unpaired) electrons. The van der Waals surface area contributed by atoms with Crippen molar-refractivity contribution in [3.05, 3.63) is 46.3 Å². The van der Waals surface area contributed by atoms with Gasteiger partial charge in [-0.05, 0) is 80.9 Å². The summed E-state index contributed by atoms with van der Waals surface area (Å²) < 4.78 is 18.7. The van der Waals surface area contributed by atoms with E-state index in [9.17, 15) is 14.7 Å². The summed E-state index contributed by atoms with van der Waals surface area (Å²) in [7, 11) is 0. The number of carbonyl (C=O) groups excluding carboxylic acids is 2. The molecule has 0 amide bonds. The Morgan fingerprint density at radius 2 is 1.89 bits per heavy atom. The number of fused-ring (bicyclic) bond motifs is 5. The second-order valence-corrected chi connectivity index (χ2v) is 13.2. The molecule has 1 aromatic heterocycles. The zero-order chi connectivity index (χ0) is 26.9. The quantitative estimate of drug-likeness (QED) is 0.452. The van der Waals surface area contributed by atoms with Crippen molar-refractivity contribution in [2.24, 2.45) is 34.5 Å². The lowest BCUT2D eigenvalue weighted by molar-refractivity contribution is -0.302. The van der Waals surface area contributed by atoms with Gasteiger partial charge in [-0.15, -0.1) is 0 Å². The molecule has 2 N–H and O–H groups in total. The van der Waals surface area contributed by atoms with Gasteiger partial charge in [0.15, 0.2) is 23.3 Å². The highest BCUT2D eigenvalue weighted by Crippen LogP contribution is 2.72. The van der Waals surface area contributed by atoms with Gasteiger partial charge < -0.3 is 24.3 Å². The number of carbonyl (C=O) groups is 2. The average molecular weight is 510 g/mol. The highest BCUT2D eigenvalue weighted by Gasteiger charge is 2.77. The van der Waals surface area contributed by atoms with Crippen molar-refractivity contribution in [1.82, 2.24) is 4.98 Å². The number of allylic oxidation sites excluding steroid dienone is 1. The van der Waals surface area contributed by atoms with Gasteiger partial charge in [-0.2, -0.15) is 0 Å². The van der Waals surface area contributed by atoms with Crippen LogP contribution in [0, 0.1) is 48.3 Å². The normalized spacial score (nSPS) is 42.9. The van der Waals surface area contributed by atoms with Crippen LogP contribution in [0.5, 0.6) is 0 Å². The van der Waals surface area contributed by atoms with Crippen molar-refractivity contribution in [2.75, 3.05) is 6.61 Å². The molecule has 1 aliphatic heterocycles. The summed E-state index contributed by atoms with van der Waals surface area (Å²) in [6.45, 7) is 16.0. The number of aryl methyl sites for hydroxylation is 2. The summed E-state index contributed by atoms with van der Waals surface area (Å²) in [5.74, 6) is -1.41. The largest absolute Gasteiger partial charge is 0.451 e. The molecule has 7 heteroatoms. The number of hydrogen-bond donors (Lipinski definition) is 2. The molecule has 4 aliphatic carbocycles. The first kappa shape index (κ1) is 25.1. The fourth-order valence-corrected chi connectivity index (χ4v) is 8.44. The molecule has 200 valence electrons. The van der Waals surface area contributed by atoms with Crippen molar-refractivity contribution < 1.29 is 28.9 Å². The Labute approximate surface area is 218 Å². The van der Waals surface area contributed by atoms with E-state index in [1.807, 2.05) is 46.8 Å². The van der Waals surface area contributed by atoms with Gasteiger partial charge in [-0.25, -0.2) is 4.79 Å². The lowest BCUT2D eigenvalue weighted by atomic mass is 9.59. The molecule has 8 atom stereocenters. The predicted octanol–water partition coefficient (Wildman–Crippen LogP) is 4.42. The second-order valence-electron chi connectivity index (χ2n) is 13.2. The van der Waals surface area contributed by atoms with E-state index in [0.717, 1.165) is 17.6 Å². The fraction of sp³-hybridized carbons (Fsp3) is 0.667. The van der Waals surface area contributed by atoms with Gasteiger partial charge in [-0.3, -0.25) is 4.79 Å². The van der Waals surface area contributed by atoms with E-state index in [0.29, 0.717) is 22.7 Å². The minimum absolute atomic E-state index is 0.00999. The molecule has 2 bridgehead atoms. The van der Waals surface area contributed by atoms with Crippen molar-refractivity contribution in [2.45, 2.75) is 85.4 Å². The van der Waals surface area contributed by atoms with E-state index in [4.69, 9.17) is 14.2 Å². The Hall–Kier alpha value is -2.22. The van der Waals surface area contributed by atoms with E-state index < -0.39 is 35.0 Å². The van der Waals surface area contributed by atoms with Crippen LogP contribution in [0.1, 0.15) is 69.6 Å². The maximum Gasteiger partial charge on any atom is 0.340 e. The zero-order valence-corrected chi connectivity index (χ0v) is 23.1. The van der Waals surface area contributed by atoms with Crippen LogP contribution in [0.4, 0.5) is 0 Å². The number of hydrogen-bond acceptors (Lipinski definition) is 6. The molecule has 0 unspecified atom stereocenters. The minimum Gasteiger partial charge on any atom is -0.451 e. The van der Waals surface area contributed by atoms with Crippen LogP contribution in [0.3, 0.4) is 0 Å². The number of rotatable bonds is 2. The summed E-state index contributed by atoms with van der Waals surface area (Å²) in [5, 5.41) is 13.1. The topological polar surface area (TPSA) is 97.8 Å². The Morgan fingerprint density at radius 3 is 2.54 bits per heavy atom. The van der Waals surface area contributed by atoms with Gasteiger partial charge >= 0.3 is 5.97 Å². The van der Waals surface area contributed by atoms with Gasteiger partial charge in [0.05, 0.1) is 17.6 Å². The smallest absolute Gasteiger partial charge is 0.340 e. The molecular formula is C30H39NO6. The van der Waals surface area contributed by atoms with E-state index in [-0.39, 0.29) is 35.6 Å². The number of ether oxygens (including phenoxy) is 3. The molecule has 3 fully saturated rings. The van der Waals surface area contributed by atoms with Gasteiger partial charge in [-0.1, -0.05) is 32.9 Å². The third kappa shape index (κ3) is 3.05. The van der Waals surface area contributed by atoms with Crippen molar-refractivity contribution in [3.8, 4) is 0 Å². The molecule has 1 saturated heterocycles. The third-order valence-corrected chi connectivity index (χ3v) is 10.4. The third-order valence-electron chi connectivity index (χ3n) is 10.4. The fourth-order valence-electron chi connectivity index (χ4n) is 8.44. The SMILES string of the molecule is CC1=C[C@]23C(=O)[C@@H](C=C4COC(C)(C)O[C@H]4[C@]2(O)[C@H]1OC(=O)c1c(C)c[nH]c1C)[C@H]1[C@@H](C[C@H]3C)C1(C)C. The second kappa shape index (κ2) is 7.45. The highest BCUT2D eigenvalue weighted by atomic mass is 16.7. The van der Waals surface area contributed by atoms with Crippen molar-refractivity contribution >= 4 is 11.8 Å². The zero-order valence-electron chi connectivity index (χ0n) is 23.1. The maximum absolute atomic E-state index is 14.7. The molecular weight excluding hydrogens is 470 g/mol. The number of aromatic nitrogens is 1. The first-order valence-corrected chi connectivity index (χ1v) is 13.5. The van der Waals surface area contributed by atoms with Gasteiger partial charge in [0.25, 0.3) is 0 Å². The van der Waals surface area contributed by atoms with Gasteiger partial charge in [0.2, 0.25) is 0 Å².